The molecule has 1 atom stereocenters. The lowest BCUT2D eigenvalue weighted by atomic mass is 9.86. The summed E-state index contributed by atoms with van der Waals surface area (Å²) in [5, 5.41) is 0. The Bertz CT molecular complexity index is 182. The minimum atomic E-state index is 0.861. The molecule has 0 aliphatic carbocycles. The van der Waals surface area contributed by atoms with Crippen molar-refractivity contribution in [3.63, 3.8) is 0 Å². The average molecular weight is 296 g/mol. The summed E-state index contributed by atoms with van der Waals surface area (Å²) in [6, 6.07) is 0. The van der Waals surface area contributed by atoms with Crippen LogP contribution < -0.4 is 0 Å². The first-order chi connectivity index (χ1) is 10.2. The van der Waals surface area contributed by atoms with E-state index in [-0.39, 0.29) is 0 Å². The standard InChI is InChI=1S/C21H43/c1-5-7-9-10-11-12-13-14-15-16-17-19-21(20(3)4)18-8-6-2/h20-21H,2,5-19H2,1,3-4H3. The summed E-state index contributed by atoms with van der Waals surface area (Å²) in [6.45, 7) is 11.1. The van der Waals surface area contributed by atoms with Crippen LogP contribution in [0, 0.1) is 18.8 Å². The van der Waals surface area contributed by atoms with Gasteiger partial charge in [-0.25, -0.2) is 0 Å². The van der Waals surface area contributed by atoms with Gasteiger partial charge in [-0.15, -0.1) is 0 Å². The molecule has 1 unspecified atom stereocenters. The molecule has 0 aliphatic heterocycles. The zero-order chi connectivity index (χ0) is 15.8. The fraction of sp³-hybridized carbons (Fsp3) is 0.952. The first-order valence-corrected chi connectivity index (χ1v) is 10.0. The first kappa shape index (κ1) is 21.0. The molecule has 0 fully saturated rings. The van der Waals surface area contributed by atoms with E-state index >= 15 is 0 Å². The van der Waals surface area contributed by atoms with Gasteiger partial charge in [0.15, 0.2) is 0 Å². The van der Waals surface area contributed by atoms with Gasteiger partial charge in [0.05, 0.1) is 0 Å². The summed E-state index contributed by atoms with van der Waals surface area (Å²) in [5.41, 5.74) is 0. The normalized spacial score (nSPS) is 13.0. The fourth-order valence-corrected chi connectivity index (χ4v) is 3.29. The minimum absolute atomic E-state index is 0.861. The lowest BCUT2D eigenvalue weighted by Gasteiger charge is -2.20. The van der Waals surface area contributed by atoms with Crippen molar-refractivity contribution in [1.82, 2.24) is 0 Å². The second kappa shape index (κ2) is 16.4. The molecule has 0 aliphatic rings. The Morgan fingerprint density at radius 2 is 1.05 bits per heavy atom. The molecule has 0 amide bonds. The molecule has 0 bridgehead atoms. The number of unbranched alkanes of at least 4 members (excludes halogenated alkanes) is 11. The lowest BCUT2D eigenvalue weighted by Crippen LogP contribution is -2.08. The Hall–Kier alpha value is 0. The zero-order valence-corrected chi connectivity index (χ0v) is 15.5. The van der Waals surface area contributed by atoms with Crippen molar-refractivity contribution >= 4 is 0 Å². The Kier molecular flexibility index (Phi) is 16.4. The highest BCUT2D eigenvalue weighted by molar-refractivity contribution is 4.64. The Morgan fingerprint density at radius 1 is 0.619 bits per heavy atom. The van der Waals surface area contributed by atoms with Crippen molar-refractivity contribution in [1.29, 1.82) is 0 Å². The maximum Gasteiger partial charge on any atom is -0.0391 e. The fourth-order valence-electron chi connectivity index (χ4n) is 3.29. The SMILES string of the molecule is [CH2]CCCC(CCCCCCCCCCCCC)C(C)C. The number of hydrogen-bond acceptors (Lipinski definition) is 0. The Labute approximate surface area is 136 Å². The Morgan fingerprint density at radius 3 is 1.48 bits per heavy atom. The van der Waals surface area contributed by atoms with Crippen LogP contribution >= 0.6 is 0 Å². The van der Waals surface area contributed by atoms with Gasteiger partial charge in [-0.3, -0.25) is 0 Å². The van der Waals surface area contributed by atoms with Crippen LogP contribution in [0.4, 0.5) is 0 Å². The lowest BCUT2D eigenvalue weighted by molar-refractivity contribution is 0.317. The highest BCUT2D eigenvalue weighted by Crippen LogP contribution is 2.24. The predicted octanol–water partition coefficient (Wildman–Crippen LogP) is 7.96. The number of hydrogen-bond donors (Lipinski definition) is 0. The molecular weight excluding hydrogens is 252 g/mol. The van der Waals surface area contributed by atoms with E-state index in [4.69, 9.17) is 0 Å². The molecule has 0 nitrogen and oxygen atoms in total. The highest BCUT2D eigenvalue weighted by atomic mass is 14.2. The predicted molar refractivity (Wildman–Crippen MR) is 98.6 cm³/mol. The quantitative estimate of drug-likeness (QED) is 0.253. The van der Waals surface area contributed by atoms with Crippen molar-refractivity contribution in [2.75, 3.05) is 0 Å². The molecule has 0 saturated heterocycles. The molecule has 0 aromatic rings. The summed E-state index contributed by atoms with van der Waals surface area (Å²) >= 11 is 0. The van der Waals surface area contributed by atoms with E-state index in [1.807, 2.05) is 0 Å². The largest absolute Gasteiger partial charge is 0.0654 e. The van der Waals surface area contributed by atoms with E-state index in [2.05, 4.69) is 27.7 Å². The van der Waals surface area contributed by atoms with Crippen LogP contribution in [-0.4, -0.2) is 0 Å². The van der Waals surface area contributed by atoms with E-state index in [1.54, 1.807) is 0 Å². The van der Waals surface area contributed by atoms with Crippen LogP contribution in [0.25, 0.3) is 0 Å². The molecule has 0 aromatic carbocycles. The van der Waals surface area contributed by atoms with Crippen LogP contribution in [0.2, 0.25) is 0 Å². The van der Waals surface area contributed by atoms with Crippen LogP contribution in [0.15, 0.2) is 0 Å². The molecule has 0 rings (SSSR count). The summed E-state index contributed by atoms with van der Waals surface area (Å²) in [6.07, 6.45) is 21.3. The maximum absolute atomic E-state index is 3.98. The topological polar surface area (TPSA) is 0 Å². The zero-order valence-electron chi connectivity index (χ0n) is 15.5. The number of rotatable bonds is 16. The Balaban J connectivity index is 3.29. The second-order valence-electron chi connectivity index (χ2n) is 7.32. The average Bonchev–Trinajstić information content (AvgIpc) is 2.47. The van der Waals surface area contributed by atoms with Crippen LogP contribution in [-0.2, 0) is 0 Å². The monoisotopic (exact) mass is 295 g/mol. The third-order valence-corrected chi connectivity index (χ3v) is 4.95. The van der Waals surface area contributed by atoms with Crippen LogP contribution in [0.5, 0.6) is 0 Å². The molecule has 0 heteroatoms. The van der Waals surface area contributed by atoms with Gasteiger partial charge >= 0.3 is 0 Å². The molecule has 0 saturated carbocycles. The van der Waals surface area contributed by atoms with Crippen molar-refractivity contribution in [3.05, 3.63) is 6.92 Å². The van der Waals surface area contributed by atoms with Crippen LogP contribution in [0.1, 0.15) is 117 Å². The van der Waals surface area contributed by atoms with Gasteiger partial charge in [-0.1, -0.05) is 124 Å². The highest BCUT2D eigenvalue weighted by Gasteiger charge is 2.11. The molecule has 0 spiro atoms. The maximum atomic E-state index is 3.98. The van der Waals surface area contributed by atoms with Crippen LogP contribution in [0.3, 0.4) is 0 Å². The first-order valence-electron chi connectivity index (χ1n) is 10.0. The summed E-state index contributed by atoms with van der Waals surface area (Å²) in [5.74, 6) is 1.81. The molecule has 127 valence electrons. The minimum Gasteiger partial charge on any atom is -0.0654 e. The third kappa shape index (κ3) is 14.7. The smallest absolute Gasteiger partial charge is 0.0391 e. The molecular formula is C21H43. The summed E-state index contributed by atoms with van der Waals surface area (Å²) in [7, 11) is 0. The van der Waals surface area contributed by atoms with Gasteiger partial charge in [-0.05, 0) is 11.8 Å². The van der Waals surface area contributed by atoms with Gasteiger partial charge < -0.3 is 0 Å². The van der Waals surface area contributed by atoms with Gasteiger partial charge in [0, 0.05) is 0 Å². The molecule has 0 N–H and O–H groups in total. The van der Waals surface area contributed by atoms with Crippen molar-refractivity contribution in [2.24, 2.45) is 11.8 Å². The van der Waals surface area contributed by atoms with Gasteiger partial charge in [0.25, 0.3) is 0 Å². The van der Waals surface area contributed by atoms with E-state index in [0.29, 0.717) is 0 Å². The van der Waals surface area contributed by atoms with E-state index < -0.39 is 0 Å². The van der Waals surface area contributed by atoms with Crippen molar-refractivity contribution in [3.8, 4) is 0 Å². The van der Waals surface area contributed by atoms with Crippen molar-refractivity contribution < 1.29 is 0 Å². The van der Waals surface area contributed by atoms with E-state index in [0.717, 1.165) is 18.3 Å². The molecule has 21 heavy (non-hydrogen) atoms. The van der Waals surface area contributed by atoms with E-state index in [1.165, 1.54) is 89.9 Å². The molecule has 0 aromatic heterocycles. The molecule has 0 heterocycles. The van der Waals surface area contributed by atoms with Gasteiger partial charge in [0.2, 0.25) is 0 Å². The van der Waals surface area contributed by atoms with Crippen molar-refractivity contribution in [2.45, 2.75) is 117 Å². The van der Waals surface area contributed by atoms with E-state index in [9.17, 15) is 0 Å². The van der Waals surface area contributed by atoms with Gasteiger partial charge in [-0.2, -0.15) is 0 Å². The summed E-state index contributed by atoms with van der Waals surface area (Å²) in [4.78, 5) is 0. The second-order valence-corrected chi connectivity index (χ2v) is 7.32. The third-order valence-electron chi connectivity index (χ3n) is 4.95. The van der Waals surface area contributed by atoms with Gasteiger partial charge in [0.1, 0.15) is 0 Å². The molecule has 1 radical (unpaired) electrons. The summed E-state index contributed by atoms with van der Waals surface area (Å²) < 4.78 is 0.